The van der Waals surface area contributed by atoms with Gasteiger partial charge < -0.3 is 19.9 Å². The Morgan fingerprint density at radius 1 is 1.17 bits per heavy atom. The summed E-state index contributed by atoms with van der Waals surface area (Å²) in [6, 6.07) is 8.15. The van der Waals surface area contributed by atoms with Crippen molar-refractivity contribution in [2.45, 2.75) is 39.2 Å². The van der Waals surface area contributed by atoms with E-state index < -0.39 is 0 Å². The molecule has 0 amide bonds. The third-order valence-corrected chi connectivity index (χ3v) is 6.88. The van der Waals surface area contributed by atoms with Crippen molar-refractivity contribution in [3.05, 3.63) is 35.0 Å². The zero-order chi connectivity index (χ0) is 21.7. The number of thiazole rings is 1. The highest BCUT2D eigenvalue weighted by Crippen LogP contribution is 2.39. The fourth-order valence-electron chi connectivity index (χ4n) is 3.17. The van der Waals surface area contributed by atoms with Crippen LogP contribution in [-0.2, 0) is 4.74 Å². The van der Waals surface area contributed by atoms with Gasteiger partial charge in [-0.05, 0) is 32.5 Å². The molecule has 1 aliphatic heterocycles. The smallest absolute Gasteiger partial charge is 0.159 e. The van der Waals surface area contributed by atoms with Gasteiger partial charge in [0.25, 0.3) is 0 Å². The zero-order valence-corrected chi connectivity index (χ0v) is 20.3. The number of benzene rings is 1. The van der Waals surface area contributed by atoms with Gasteiger partial charge in [-0.1, -0.05) is 26.0 Å². The van der Waals surface area contributed by atoms with Crippen molar-refractivity contribution in [3.8, 4) is 0 Å². The summed E-state index contributed by atoms with van der Waals surface area (Å²) in [6.45, 7) is 9.20. The molecule has 0 saturated heterocycles. The van der Waals surface area contributed by atoms with E-state index in [1.54, 1.807) is 18.4 Å². The Morgan fingerprint density at radius 3 is 2.63 bits per heavy atom. The quantitative estimate of drug-likeness (QED) is 0.421. The van der Waals surface area contributed by atoms with Crippen LogP contribution in [0.4, 0.5) is 16.4 Å². The molecule has 0 bridgehead atoms. The van der Waals surface area contributed by atoms with E-state index in [1.807, 2.05) is 18.2 Å². The first kappa shape index (κ1) is 23.1. The van der Waals surface area contributed by atoms with Crippen LogP contribution in [0.1, 0.15) is 43.8 Å². The van der Waals surface area contributed by atoms with Crippen LogP contribution in [0.5, 0.6) is 0 Å². The Kier molecular flexibility index (Phi) is 8.16. The van der Waals surface area contributed by atoms with Gasteiger partial charge in [0.05, 0.1) is 28.4 Å². The van der Waals surface area contributed by atoms with Crippen LogP contribution >= 0.6 is 24.0 Å². The molecule has 1 aromatic carbocycles. The number of nitrogens with one attached hydrogen (secondary N) is 1. The van der Waals surface area contributed by atoms with Gasteiger partial charge in [-0.25, -0.2) is 9.98 Å². The number of thiol groups is 1. The Balaban J connectivity index is 1.84. The van der Waals surface area contributed by atoms with E-state index in [-0.39, 0.29) is 6.10 Å². The predicted octanol–water partition coefficient (Wildman–Crippen LogP) is 4.95. The lowest BCUT2D eigenvalue weighted by Gasteiger charge is -2.26. The number of hydrogen-bond donors (Lipinski definition) is 2. The highest BCUT2D eigenvalue weighted by molar-refractivity contribution is 7.80. The van der Waals surface area contributed by atoms with E-state index in [2.05, 4.69) is 61.6 Å². The molecule has 0 spiro atoms. The van der Waals surface area contributed by atoms with E-state index in [1.165, 1.54) is 0 Å². The van der Waals surface area contributed by atoms with Gasteiger partial charge >= 0.3 is 0 Å². The van der Waals surface area contributed by atoms with E-state index in [0.717, 1.165) is 59.0 Å². The maximum atomic E-state index is 5.37. The molecule has 8 heteroatoms. The van der Waals surface area contributed by atoms with Crippen molar-refractivity contribution < 1.29 is 4.74 Å². The van der Waals surface area contributed by atoms with Gasteiger partial charge in [-0.3, -0.25) is 0 Å². The molecule has 30 heavy (non-hydrogen) atoms. The van der Waals surface area contributed by atoms with Crippen molar-refractivity contribution in [1.29, 1.82) is 0 Å². The van der Waals surface area contributed by atoms with Gasteiger partial charge in [-0.15, -0.1) is 11.3 Å². The summed E-state index contributed by atoms with van der Waals surface area (Å²) < 4.78 is 5.37. The van der Waals surface area contributed by atoms with Crippen molar-refractivity contribution in [3.63, 3.8) is 0 Å². The van der Waals surface area contributed by atoms with E-state index in [4.69, 9.17) is 14.7 Å². The topological polar surface area (TPSA) is 53.0 Å². The van der Waals surface area contributed by atoms with Gasteiger partial charge in [0, 0.05) is 32.7 Å². The van der Waals surface area contributed by atoms with Crippen LogP contribution in [0.2, 0.25) is 0 Å². The van der Waals surface area contributed by atoms with Crippen LogP contribution in [0.25, 0.3) is 0 Å². The summed E-state index contributed by atoms with van der Waals surface area (Å²) in [7, 11) is 3.91. The molecule has 1 aliphatic rings. The lowest BCUT2D eigenvalue weighted by atomic mass is 10.2. The third-order valence-electron chi connectivity index (χ3n) is 5.27. The van der Waals surface area contributed by atoms with Crippen molar-refractivity contribution in [2.24, 2.45) is 4.99 Å². The molecule has 0 fully saturated rings. The lowest BCUT2D eigenvalue weighted by Crippen LogP contribution is -2.38. The van der Waals surface area contributed by atoms with Crippen LogP contribution < -0.4 is 5.32 Å². The van der Waals surface area contributed by atoms with Crippen LogP contribution in [0.15, 0.2) is 29.3 Å². The first-order chi connectivity index (χ1) is 14.4. The number of amidine groups is 1. The fourth-order valence-corrected chi connectivity index (χ4v) is 4.43. The maximum Gasteiger partial charge on any atom is 0.159 e. The molecule has 0 aliphatic carbocycles. The summed E-state index contributed by atoms with van der Waals surface area (Å²) in [5, 5.41) is 5.72. The number of fused-ring (bicyclic) bond motifs is 2. The largest absolute Gasteiger partial charge is 0.382 e. The Bertz CT molecular complexity index is 867. The molecule has 1 N–H and O–H groups in total. The fraction of sp³-hybridized carbons (Fsp3) is 0.545. The SMILES string of the molecule is CO[C@@H](C)CCN(C)CCN(CS)C1=Nc2ccccc2Nc2sc(C(C)C)nc21. The summed E-state index contributed by atoms with van der Waals surface area (Å²) >= 11 is 6.35. The number of nitrogens with zero attached hydrogens (tertiary/aromatic N) is 4. The van der Waals surface area contributed by atoms with Crippen molar-refractivity contribution in [2.75, 3.05) is 45.0 Å². The second-order valence-electron chi connectivity index (χ2n) is 8.01. The molecule has 3 rings (SSSR count). The van der Waals surface area contributed by atoms with E-state index >= 15 is 0 Å². The Labute approximate surface area is 189 Å². The minimum Gasteiger partial charge on any atom is -0.382 e. The summed E-state index contributed by atoms with van der Waals surface area (Å²) in [6.07, 6.45) is 1.29. The highest BCUT2D eigenvalue weighted by atomic mass is 32.1. The second kappa shape index (κ2) is 10.6. The molecule has 2 aromatic rings. The molecule has 1 atom stereocenters. The number of aromatic nitrogens is 1. The maximum absolute atomic E-state index is 5.37. The Hall–Kier alpha value is -1.61. The second-order valence-corrected chi connectivity index (χ2v) is 9.32. The minimum atomic E-state index is 0.272. The third kappa shape index (κ3) is 5.55. The zero-order valence-electron chi connectivity index (χ0n) is 18.6. The van der Waals surface area contributed by atoms with Crippen LogP contribution in [-0.4, -0.2) is 66.4 Å². The molecular formula is C22H33N5OS2. The van der Waals surface area contributed by atoms with Crippen LogP contribution in [0, 0.1) is 0 Å². The Morgan fingerprint density at radius 2 is 1.93 bits per heavy atom. The van der Waals surface area contributed by atoms with Crippen LogP contribution in [0.3, 0.4) is 0 Å². The van der Waals surface area contributed by atoms with Crippen molar-refractivity contribution >= 4 is 46.2 Å². The monoisotopic (exact) mass is 447 g/mol. The summed E-state index contributed by atoms with van der Waals surface area (Å²) in [5.41, 5.74) is 2.86. The number of rotatable bonds is 9. The average Bonchev–Trinajstić information content (AvgIpc) is 3.10. The number of likely N-dealkylation sites (N-methyl/N-ethyl adjacent to an activating group) is 1. The number of methoxy groups -OCH3 is 1. The molecular weight excluding hydrogens is 414 g/mol. The van der Waals surface area contributed by atoms with E-state index in [9.17, 15) is 0 Å². The van der Waals surface area contributed by atoms with Gasteiger partial charge in [0.1, 0.15) is 10.7 Å². The summed E-state index contributed by atoms with van der Waals surface area (Å²) in [5.74, 6) is 1.84. The first-order valence-electron chi connectivity index (χ1n) is 10.5. The van der Waals surface area contributed by atoms with Gasteiger partial charge in [0.2, 0.25) is 0 Å². The first-order valence-corrected chi connectivity index (χ1v) is 11.9. The number of anilines is 2. The molecule has 0 radical (unpaired) electrons. The minimum absolute atomic E-state index is 0.272. The highest BCUT2D eigenvalue weighted by Gasteiger charge is 2.26. The average molecular weight is 448 g/mol. The number of para-hydroxylation sites is 2. The van der Waals surface area contributed by atoms with Gasteiger partial charge in [0.15, 0.2) is 5.84 Å². The van der Waals surface area contributed by atoms with E-state index in [0.29, 0.717) is 11.8 Å². The number of hydrogen-bond acceptors (Lipinski definition) is 8. The molecule has 2 heterocycles. The molecule has 1 aromatic heterocycles. The number of ether oxygens (including phenoxy) is 1. The standard InChI is InChI=1S/C22H33N5OS2/c1-15(2)21-25-19-20(23-17-8-6-7-9-18(17)24-22(19)30-21)27(14-29)13-12-26(4)11-10-16(3)28-5/h6-9,15-16,24,29H,10-14H2,1-5H3/t16-/m0/s1. The number of aliphatic imine (C=N–C) groups is 1. The predicted molar refractivity (Wildman–Crippen MR) is 131 cm³/mol. The summed E-state index contributed by atoms with van der Waals surface area (Å²) in [4.78, 5) is 14.5. The molecule has 164 valence electrons. The molecule has 0 unspecified atom stereocenters. The molecule has 6 nitrogen and oxygen atoms in total. The normalized spacial score (nSPS) is 14.1. The molecule has 0 saturated carbocycles. The lowest BCUT2D eigenvalue weighted by molar-refractivity contribution is 0.100. The van der Waals surface area contributed by atoms with Crippen molar-refractivity contribution in [1.82, 2.24) is 14.8 Å². The van der Waals surface area contributed by atoms with Gasteiger partial charge in [-0.2, -0.15) is 12.6 Å².